The molecule has 24 heavy (non-hydrogen) atoms. The van der Waals surface area contributed by atoms with E-state index < -0.39 is 0 Å². The molecule has 1 aromatic heterocycles. The van der Waals surface area contributed by atoms with Crippen LogP contribution in [0.1, 0.15) is 36.3 Å². The Morgan fingerprint density at radius 3 is 2.58 bits per heavy atom. The maximum Gasteiger partial charge on any atom is 0.252 e. The Bertz CT molecular complexity index is 872. The van der Waals surface area contributed by atoms with Crippen molar-refractivity contribution in [3.63, 3.8) is 0 Å². The van der Waals surface area contributed by atoms with Crippen molar-refractivity contribution in [1.29, 1.82) is 0 Å². The fourth-order valence-corrected chi connectivity index (χ4v) is 2.82. The average molecular weight is 318 g/mol. The van der Waals surface area contributed by atoms with Crippen molar-refractivity contribution >= 4 is 16.8 Å². The minimum atomic E-state index is -0.0370. The number of hydrogen-bond acceptors (Lipinski definition) is 2. The van der Waals surface area contributed by atoms with Crippen molar-refractivity contribution in [1.82, 2.24) is 10.3 Å². The summed E-state index contributed by atoms with van der Waals surface area (Å²) in [6, 6.07) is 18.2. The Morgan fingerprint density at radius 2 is 1.88 bits per heavy atom. The zero-order chi connectivity index (χ0) is 17.1. The number of benzene rings is 2. The van der Waals surface area contributed by atoms with E-state index in [9.17, 15) is 4.79 Å². The summed E-state index contributed by atoms with van der Waals surface area (Å²) in [6.45, 7) is 6.01. The predicted molar refractivity (Wildman–Crippen MR) is 99.1 cm³/mol. The first kappa shape index (κ1) is 16.2. The topological polar surface area (TPSA) is 42.0 Å². The normalized spacial score (nSPS) is 12.1. The van der Waals surface area contributed by atoms with Crippen LogP contribution in [0.2, 0.25) is 0 Å². The predicted octanol–water partition coefficient (Wildman–Crippen LogP) is 4.74. The van der Waals surface area contributed by atoms with E-state index in [0.717, 1.165) is 34.1 Å². The molecular weight excluding hydrogens is 296 g/mol. The highest BCUT2D eigenvalue weighted by atomic mass is 16.1. The molecule has 0 fully saturated rings. The zero-order valence-electron chi connectivity index (χ0n) is 14.3. The van der Waals surface area contributed by atoms with Gasteiger partial charge in [-0.15, -0.1) is 0 Å². The van der Waals surface area contributed by atoms with Crippen LogP contribution >= 0.6 is 0 Å². The van der Waals surface area contributed by atoms with Gasteiger partial charge in [0.05, 0.1) is 11.1 Å². The van der Waals surface area contributed by atoms with Crippen LogP contribution in [0.15, 0.2) is 54.6 Å². The summed E-state index contributed by atoms with van der Waals surface area (Å²) < 4.78 is 0. The molecule has 0 radical (unpaired) electrons. The summed E-state index contributed by atoms with van der Waals surface area (Å²) in [5.74, 6) is -0.0370. The van der Waals surface area contributed by atoms with Crippen LogP contribution in [0, 0.1) is 6.92 Å². The lowest BCUT2D eigenvalue weighted by molar-refractivity contribution is 0.0941. The Hall–Kier alpha value is -2.68. The van der Waals surface area contributed by atoms with Crippen LogP contribution in [-0.2, 0) is 0 Å². The lowest BCUT2D eigenvalue weighted by Gasteiger charge is -2.14. The Labute approximate surface area is 142 Å². The molecule has 1 heterocycles. The third-order valence-corrected chi connectivity index (χ3v) is 4.29. The smallest absolute Gasteiger partial charge is 0.252 e. The Kier molecular flexibility index (Phi) is 4.61. The Morgan fingerprint density at radius 1 is 1.12 bits per heavy atom. The average Bonchev–Trinajstić information content (AvgIpc) is 2.61. The molecule has 0 aliphatic carbocycles. The molecule has 1 amide bonds. The van der Waals surface area contributed by atoms with Crippen molar-refractivity contribution in [2.75, 3.05) is 0 Å². The van der Waals surface area contributed by atoms with E-state index in [0.29, 0.717) is 5.56 Å². The first-order valence-corrected chi connectivity index (χ1v) is 8.36. The van der Waals surface area contributed by atoms with Crippen molar-refractivity contribution in [3.8, 4) is 11.1 Å². The molecule has 0 saturated carbocycles. The fraction of sp³-hybridized carbons (Fsp3) is 0.238. The van der Waals surface area contributed by atoms with Gasteiger partial charge in [0, 0.05) is 22.7 Å². The molecule has 3 heteroatoms. The van der Waals surface area contributed by atoms with Crippen molar-refractivity contribution in [2.45, 2.75) is 33.2 Å². The molecule has 0 saturated heterocycles. The van der Waals surface area contributed by atoms with E-state index in [1.165, 1.54) is 0 Å². The number of aryl methyl sites for hydroxylation is 1. The molecule has 1 atom stereocenters. The van der Waals surface area contributed by atoms with E-state index in [1.807, 2.05) is 50.2 Å². The van der Waals surface area contributed by atoms with Gasteiger partial charge < -0.3 is 5.32 Å². The van der Waals surface area contributed by atoms with Gasteiger partial charge in [0.15, 0.2) is 0 Å². The second-order valence-electron chi connectivity index (χ2n) is 6.16. The molecule has 1 unspecified atom stereocenters. The van der Waals surface area contributed by atoms with E-state index in [2.05, 4.69) is 30.4 Å². The molecule has 3 rings (SSSR count). The molecular formula is C21H22N2O. The van der Waals surface area contributed by atoms with Crippen LogP contribution in [0.3, 0.4) is 0 Å². The summed E-state index contributed by atoms with van der Waals surface area (Å²) in [5, 5.41) is 3.95. The third-order valence-electron chi connectivity index (χ3n) is 4.29. The van der Waals surface area contributed by atoms with Crippen LogP contribution in [0.25, 0.3) is 22.0 Å². The van der Waals surface area contributed by atoms with Crippen LogP contribution in [-0.4, -0.2) is 16.9 Å². The van der Waals surface area contributed by atoms with E-state index in [-0.39, 0.29) is 11.9 Å². The molecule has 0 aliphatic heterocycles. The molecule has 3 aromatic rings. The number of carbonyl (C=O) groups excluding carboxylic acids is 1. The minimum absolute atomic E-state index is 0.0370. The van der Waals surface area contributed by atoms with Gasteiger partial charge in [-0.05, 0) is 31.9 Å². The van der Waals surface area contributed by atoms with Crippen LogP contribution in [0.4, 0.5) is 0 Å². The number of hydrogen-bond donors (Lipinski definition) is 1. The SMILES string of the molecule is CCC(C)NC(=O)c1cc(C)nc2c(-c3ccccc3)cccc12. The monoisotopic (exact) mass is 318 g/mol. The van der Waals surface area contributed by atoms with Crippen molar-refractivity contribution in [3.05, 3.63) is 65.9 Å². The van der Waals surface area contributed by atoms with Gasteiger partial charge in [-0.25, -0.2) is 0 Å². The largest absolute Gasteiger partial charge is 0.350 e. The van der Waals surface area contributed by atoms with Gasteiger partial charge in [-0.3, -0.25) is 9.78 Å². The molecule has 2 aromatic carbocycles. The second-order valence-corrected chi connectivity index (χ2v) is 6.16. The van der Waals surface area contributed by atoms with Crippen molar-refractivity contribution in [2.24, 2.45) is 0 Å². The molecule has 122 valence electrons. The summed E-state index contributed by atoms with van der Waals surface area (Å²) in [5.41, 5.74) is 4.57. The lowest BCUT2D eigenvalue weighted by Crippen LogP contribution is -2.32. The van der Waals surface area contributed by atoms with Crippen LogP contribution in [0.5, 0.6) is 0 Å². The number of amides is 1. The molecule has 0 bridgehead atoms. The summed E-state index contributed by atoms with van der Waals surface area (Å²) in [7, 11) is 0. The number of para-hydroxylation sites is 1. The zero-order valence-corrected chi connectivity index (χ0v) is 14.3. The number of carbonyl (C=O) groups is 1. The highest BCUT2D eigenvalue weighted by Crippen LogP contribution is 2.29. The molecule has 0 spiro atoms. The first-order chi connectivity index (χ1) is 11.6. The molecule has 1 N–H and O–H groups in total. The number of pyridine rings is 1. The standard InChI is InChI=1S/C21H22N2O/c1-4-14(2)23-21(24)19-13-15(3)22-20-17(11-8-12-18(19)20)16-9-6-5-7-10-16/h5-14H,4H2,1-3H3,(H,23,24). The molecule has 0 aliphatic rings. The number of rotatable bonds is 4. The van der Waals surface area contributed by atoms with Crippen LogP contribution < -0.4 is 5.32 Å². The summed E-state index contributed by atoms with van der Waals surface area (Å²) >= 11 is 0. The number of nitrogens with zero attached hydrogens (tertiary/aromatic N) is 1. The Balaban J connectivity index is 2.17. The van der Waals surface area contributed by atoms with Gasteiger partial charge in [0.2, 0.25) is 0 Å². The van der Waals surface area contributed by atoms with Gasteiger partial charge in [-0.2, -0.15) is 0 Å². The number of nitrogens with one attached hydrogen (secondary N) is 1. The highest BCUT2D eigenvalue weighted by molar-refractivity contribution is 6.09. The number of fused-ring (bicyclic) bond motifs is 1. The maximum atomic E-state index is 12.7. The third kappa shape index (κ3) is 3.16. The number of aromatic nitrogens is 1. The maximum absolute atomic E-state index is 12.7. The van der Waals surface area contributed by atoms with Gasteiger partial charge in [-0.1, -0.05) is 55.5 Å². The minimum Gasteiger partial charge on any atom is -0.350 e. The van der Waals surface area contributed by atoms with Crippen molar-refractivity contribution < 1.29 is 4.79 Å². The molecule has 3 nitrogen and oxygen atoms in total. The quantitative estimate of drug-likeness (QED) is 0.755. The van der Waals surface area contributed by atoms with Gasteiger partial charge in [0.1, 0.15) is 0 Å². The fourth-order valence-electron chi connectivity index (χ4n) is 2.82. The second kappa shape index (κ2) is 6.83. The highest BCUT2D eigenvalue weighted by Gasteiger charge is 2.15. The van der Waals surface area contributed by atoms with E-state index in [4.69, 9.17) is 4.98 Å². The van der Waals surface area contributed by atoms with Gasteiger partial charge >= 0.3 is 0 Å². The lowest BCUT2D eigenvalue weighted by atomic mass is 9.98. The van der Waals surface area contributed by atoms with E-state index >= 15 is 0 Å². The first-order valence-electron chi connectivity index (χ1n) is 8.36. The van der Waals surface area contributed by atoms with E-state index in [1.54, 1.807) is 0 Å². The summed E-state index contributed by atoms with van der Waals surface area (Å²) in [4.78, 5) is 17.4. The summed E-state index contributed by atoms with van der Waals surface area (Å²) in [6.07, 6.45) is 0.906. The van der Waals surface area contributed by atoms with Gasteiger partial charge in [0.25, 0.3) is 5.91 Å².